The van der Waals surface area contributed by atoms with Crippen molar-refractivity contribution in [1.82, 2.24) is 4.90 Å². The van der Waals surface area contributed by atoms with Gasteiger partial charge in [-0.1, -0.05) is 34.5 Å². The van der Waals surface area contributed by atoms with Crippen LogP contribution in [0.4, 0.5) is 0 Å². The molecule has 0 radical (unpaired) electrons. The summed E-state index contributed by atoms with van der Waals surface area (Å²) >= 11 is 3.40. The van der Waals surface area contributed by atoms with Crippen molar-refractivity contribution in [3.05, 3.63) is 34.3 Å². The zero-order chi connectivity index (χ0) is 11.4. The van der Waals surface area contributed by atoms with Gasteiger partial charge in [0.05, 0.1) is 6.10 Å². The highest BCUT2D eigenvalue weighted by atomic mass is 79.9. The van der Waals surface area contributed by atoms with Gasteiger partial charge in [-0.15, -0.1) is 0 Å². The van der Waals surface area contributed by atoms with Crippen LogP contribution in [0.5, 0.6) is 0 Å². The van der Waals surface area contributed by atoms with Gasteiger partial charge in [-0.2, -0.15) is 0 Å². The molecule has 1 fully saturated rings. The van der Waals surface area contributed by atoms with E-state index in [2.05, 4.69) is 20.8 Å². The Kier molecular flexibility index (Phi) is 4.38. The number of rotatable bonds is 3. The first kappa shape index (κ1) is 12.1. The highest BCUT2D eigenvalue weighted by Crippen LogP contribution is 2.19. The lowest BCUT2D eigenvalue weighted by Crippen LogP contribution is -2.33. The molecular weight excluding hydrogens is 266 g/mol. The van der Waals surface area contributed by atoms with Crippen LogP contribution in [0.3, 0.4) is 0 Å². The molecule has 0 aliphatic carbocycles. The van der Waals surface area contributed by atoms with Crippen LogP contribution in [0.25, 0.3) is 0 Å². The Morgan fingerprint density at radius 1 is 1.12 bits per heavy atom. The predicted molar refractivity (Wildman–Crippen MR) is 69.4 cm³/mol. The summed E-state index contributed by atoms with van der Waals surface area (Å²) in [5.41, 5.74) is 1.01. The molecule has 88 valence electrons. The molecule has 0 spiro atoms. The fourth-order valence-electron chi connectivity index (χ4n) is 2.18. The third kappa shape index (κ3) is 3.30. The monoisotopic (exact) mass is 283 g/mol. The summed E-state index contributed by atoms with van der Waals surface area (Å²) in [6, 6.07) is 7.93. The minimum Gasteiger partial charge on any atom is -0.387 e. The summed E-state index contributed by atoms with van der Waals surface area (Å²) in [4.78, 5) is 2.36. The molecule has 1 saturated heterocycles. The van der Waals surface area contributed by atoms with Gasteiger partial charge >= 0.3 is 0 Å². The molecule has 0 bridgehead atoms. The van der Waals surface area contributed by atoms with Gasteiger partial charge in [0.25, 0.3) is 0 Å². The van der Waals surface area contributed by atoms with Crippen molar-refractivity contribution in [2.75, 3.05) is 19.6 Å². The van der Waals surface area contributed by atoms with E-state index < -0.39 is 0 Å². The zero-order valence-electron chi connectivity index (χ0n) is 9.40. The zero-order valence-corrected chi connectivity index (χ0v) is 11.0. The number of likely N-dealkylation sites (tertiary alicyclic amines) is 1. The van der Waals surface area contributed by atoms with Crippen LogP contribution in [0.1, 0.15) is 30.9 Å². The van der Waals surface area contributed by atoms with Crippen LogP contribution >= 0.6 is 15.9 Å². The van der Waals surface area contributed by atoms with Crippen LogP contribution < -0.4 is 0 Å². The summed E-state index contributed by atoms with van der Waals surface area (Å²) in [5.74, 6) is 0. The summed E-state index contributed by atoms with van der Waals surface area (Å²) in [6.45, 7) is 3.03. The normalized spacial score (nSPS) is 19.6. The number of nitrogens with zero attached hydrogens (tertiary/aromatic N) is 1. The Hall–Kier alpha value is -0.380. The molecule has 0 amide bonds. The molecule has 1 aromatic rings. The van der Waals surface area contributed by atoms with Crippen LogP contribution in [-0.4, -0.2) is 29.6 Å². The maximum absolute atomic E-state index is 10.1. The van der Waals surface area contributed by atoms with Crippen molar-refractivity contribution in [3.8, 4) is 0 Å². The van der Waals surface area contributed by atoms with Gasteiger partial charge in [0, 0.05) is 11.0 Å². The van der Waals surface area contributed by atoms with E-state index in [9.17, 15) is 5.11 Å². The molecule has 0 aromatic heterocycles. The number of piperidine rings is 1. The maximum atomic E-state index is 10.1. The number of aliphatic hydroxyl groups is 1. The third-order valence-corrected chi connectivity index (χ3v) is 3.66. The molecule has 2 nitrogen and oxygen atoms in total. The summed E-state index contributed by atoms with van der Waals surface area (Å²) in [7, 11) is 0. The van der Waals surface area contributed by atoms with E-state index in [4.69, 9.17) is 0 Å². The predicted octanol–water partition coefficient (Wildman–Crippen LogP) is 2.97. The molecule has 1 heterocycles. The van der Waals surface area contributed by atoms with Crippen LogP contribution in [0.2, 0.25) is 0 Å². The first-order valence-electron chi connectivity index (χ1n) is 5.91. The average Bonchev–Trinajstić information content (AvgIpc) is 2.31. The van der Waals surface area contributed by atoms with E-state index in [0.717, 1.165) is 29.7 Å². The summed E-state index contributed by atoms with van der Waals surface area (Å²) in [6.07, 6.45) is 3.52. The van der Waals surface area contributed by atoms with Gasteiger partial charge in [-0.3, -0.25) is 0 Å². The smallest absolute Gasteiger partial charge is 0.0916 e. The van der Waals surface area contributed by atoms with Crippen molar-refractivity contribution in [3.63, 3.8) is 0 Å². The second-order valence-corrected chi connectivity index (χ2v) is 5.34. The quantitative estimate of drug-likeness (QED) is 0.922. The van der Waals surface area contributed by atoms with Gasteiger partial charge in [0.2, 0.25) is 0 Å². The van der Waals surface area contributed by atoms with Crippen molar-refractivity contribution in [2.45, 2.75) is 25.4 Å². The number of hydrogen-bond acceptors (Lipinski definition) is 2. The molecule has 1 aliphatic rings. The molecule has 1 atom stereocenters. The fourth-order valence-corrected chi connectivity index (χ4v) is 2.44. The number of β-amino-alcohol motifs (C(OH)–C–C–N with tert-alkyl or cyclic N) is 1. The largest absolute Gasteiger partial charge is 0.387 e. The Morgan fingerprint density at radius 3 is 2.38 bits per heavy atom. The number of aliphatic hydroxyl groups excluding tert-OH is 1. The molecule has 2 rings (SSSR count). The van der Waals surface area contributed by atoms with E-state index in [0.29, 0.717) is 0 Å². The number of halogens is 1. The minimum atomic E-state index is -0.355. The Morgan fingerprint density at radius 2 is 1.75 bits per heavy atom. The lowest BCUT2D eigenvalue weighted by molar-refractivity contribution is 0.101. The van der Waals surface area contributed by atoms with E-state index >= 15 is 0 Å². The number of benzene rings is 1. The standard InChI is InChI=1S/C13H18BrNO/c14-12-6-4-11(5-7-12)13(16)10-15-8-2-1-3-9-15/h4-7,13,16H,1-3,8-10H2/t13-/m1/s1. The molecule has 3 heteroatoms. The maximum Gasteiger partial charge on any atom is 0.0916 e. The van der Waals surface area contributed by atoms with E-state index in [1.54, 1.807) is 0 Å². The Balaban J connectivity index is 1.91. The first-order chi connectivity index (χ1) is 7.75. The van der Waals surface area contributed by atoms with Gasteiger partial charge in [-0.25, -0.2) is 0 Å². The third-order valence-electron chi connectivity index (χ3n) is 3.13. The Labute approximate surface area is 105 Å². The molecule has 16 heavy (non-hydrogen) atoms. The molecular formula is C13H18BrNO. The lowest BCUT2D eigenvalue weighted by Gasteiger charge is -2.28. The minimum absolute atomic E-state index is 0.355. The van der Waals surface area contributed by atoms with Gasteiger partial charge in [0.15, 0.2) is 0 Å². The highest BCUT2D eigenvalue weighted by molar-refractivity contribution is 9.10. The van der Waals surface area contributed by atoms with Gasteiger partial charge in [0.1, 0.15) is 0 Å². The number of hydrogen-bond donors (Lipinski definition) is 1. The fraction of sp³-hybridized carbons (Fsp3) is 0.538. The average molecular weight is 284 g/mol. The van der Waals surface area contributed by atoms with Crippen molar-refractivity contribution < 1.29 is 5.11 Å². The van der Waals surface area contributed by atoms with Crippen molar-refractivity contribution >= 4 is 15.9 Å². The van der Waals surface area contributed by atoms with Crippen LogP contribution in [-0.2, 0) is 0 Å². The second-order valence-electron chi connectivity index (χ2n) is 4.43. The van der Waals surface area contributed by atoms with E-state index in [1.807, 2.05) is 24.3 Å². The summed E-state index contributed by atoms with van der Waals surface area (Å²) in [5, 5.41) is 10.1. The van der Waals surface area contributed by atoms with Crippen LogP contribution in [0.15, 0.2) is 28.7 Å². The van der Waals surface area contributed by atoms with Gasteiger partial charge in [-0.05, 0) is 43.6 Å². The molecule has 0 unspecified atom stereocenters. The SMILES string of the molecule is O[C@H](CN1CCCCC1)c1ccc(Br)cc1. The van der Waals surface area contributed by atoms with E-state index in [1.165, 1.54) is 19.3 Å². The summed E-state index contributed by atoms with van der Waals surface area (Å²) < 4.78 is 1.06. The van der Waals surface area contributed by atoms with Crippen LogP contribution in [0, 0.1) is 0 Å². The van der Waals surface area contributed by atoms with E-state index in [-0.39, 0.29) is 6.10 Å². The first-order valence-corrected chi connectivity index (χ1v) is 6.71. The highest BCUT2D eigenvalue weighted by Gasteiger charge is 2.15. The lowest BCUT2D eigenvalue weighted by atomic mass is 10.1. The second kappa shape index (κ2) is 5.80. The van der Waals surface area contributed by atoms with Gasteiger partial charge < -0.3 is 10.0 Å². The topological polar surface area (TPSA) is 23.5 Å². The molecule has 1 aliphatic heterocycles. The van der Waals surface area contributed by atoms with Crippen molar-refractivity contribution in [2.24, 2.45) is 0 Å². The van der Waals surface area contributed by atoms with Crippen molar-refractivity contribution in [1.29, 1.82) is 0 Å². The molecule has 0 saturated carbocycles. The molecule has 1 N–H and O–H groups in total. The Bertz CT molecular complexity index is 319. The molecule has 1 aromatic carbocycles.